The topological polar surface area (TPSA) is 109 Å². The zero-order valence-electron chi connectivity index (χ0n) is 5.66. The van der Waals surface area contributed by atoms with Crippen molar-refractivity contribution in [3.05, 3.63) is 0 Å². The molecule has 0 aliphatic rings. The predicted molar refractivity (Wildman–Crippen MR) is 34.2 cm³/mol. The molecule has 0 saturated heterocycles. The molecule has 0 radical (unpaired) electrons. The van der Waals surface area contributed by atoms with E-state index in [0.29, 0.717) is 0 Å². The number of Topliss-reactive ketones (excluding diaryl/α,β-unsaturated/α-hetero) is 1. The van der Waals surface area contributed by atoms with Crippen LogP contribution in [0.5, 0.6) is 0 Å². The lowest BCUT2D eigenvalue weighted by molar-refractivity contribution is -0.141. The van der Waals surface area contributed by atoms with Gasteiger partial charge in [-0.25, -0.2) is 5.84 Å². The molecular weight excluding hydrogens is 152 g/mol. The van der Waals surface area contributed by atoms with Gasteiger partial charge in [0.1, 0.15) is 0 Å². The fourth-order valence-corrected chi connectivity index (χ4v) is 0.414. The molecule has 6 nitrogen and oxygen atoms in total. The van der Waals surface area contributed by atoms with Gasteiger partial charge >= 0.3 is 11.9 Å². The third-order valence-corrected chi connectivity index (χ3v) is 0.950. The van der Waals surface area contributed by atoms with Crippen molar-refractivity contribution in [3.63, 3.8) is 0 Å². The van der Waals surface area contributed by atoms with Crippen molar-refractivity contribution >= 4 is 17.7 Å². The molecule has 6 heteroatoms. The van der Waals surface area contributed by atoms with E-state index in [4.69, 9.17) is 5.11 Å². The van der Waals surface area contributed by atoms with Crippen molar-refractivity contribution in [3.8, 4) is 0 Å². The number of rotatable bonds is 4. The fraction of sp³-hybridized carbons (Fsp3) is 0.400. The van der Waals surface area contributed by atoms with Crippen molar-refractivity contribution in [2.24, 2.45) is 5.84 Å². The maximum atomic E-state index is 10.5. The molecule has 0 rings (SSSR count). The van der Waals surface area contributed by atoms with Crippen LogP contribution in [0, 0.1) is 0 Å². The van der Waals surface area contributed by atoms with E-state index in [1.807, 2.05) is 0 Å². The van der Waals surface area contributed by atoms with Gasteiger partial charge in [0.2, 0.25) is 5.78 Å². The Morgan fingerprint density at radius 2 is 1.82 bits per heavy atom. The first-order chi connectivity index (χ1) is 5.07. The number of hydrogen-bond donors (Lipinski definition) is 3. The van der Waals surface area contributed by atoms with E-state index in [9.17, 15) is 14.4 Å². The van der Waals surface area contributed by atoms with Crippen LogP contribution in [0.2, 0.25) is 0 Å². The normalized spacial score (nSPS) is 8.82. The third kappa shape index (κ3) is 4.04. The van der Waals surface area contributed by atoms with Crippen molar-refractivity contribution < 1.29 is 19.5 Å². The summed E-state index contributed by atoms with van der Waals surface area (Å²) in [5.41, 5.74) is 1.61. The molecule has 0 heterocycles. The molecule has 0 saturated carbocycles. The van der Waals surface area contributed by atoms with Gasteiger partial charge in [0.05, 0.1) is 6.42 Å². The van der Waals surface area contributed by atoms with Gasteiger partial charge in [-0.2, -0.15) is 0 Å². The molecule has 0 fully saturated rings. The fourth-order valence-electron chi connectivity index (χ4n) is 0.414. The molecule has 0 aromatic carbocycles. The Morgan fingerprint density at radius 3 is 2.18 bits per heavy atom. The summed E-state index contributed by atoms with van der Waals surface area (Å²) < 4.78 is 0. The Balaban J connectivity index is 3.70. The second-order valence-electron chi connectivity index (χ2n) is 1.79. The molecule has 0 aromatic heterocycles. The summed E-state index contributed by atoms with van der Waals surface area (Å²) in [6, 6.07) is 0. The molecular formula is C5H8N2O4. The maximum absolute atomic E-state index is 10.5. The first kappa shape index (κ1) is 9.57. The van der Waals surface area contributed by atoms with Gasteiger partial charge in [0.15, 0.2) is 0 Å². The molecule has 0 unspecified atom stereocenters. The van der Waals surface area contributed by atoms with Gasteiger partial charge in [0, 0.05) is 6.42 Å². The predicted octanol–water partition coefficient (Wildman–Crippen LogP) is -1.59. The summed E-state index contributed by atoms with van der Waals surface area (Å²) in [5.74, 6) is 1.70. The lowest BCUT2D eigenvalue weighted by Gasteiger charge is -1.94. The smallest absolute Gasteiger partial charge is 0.303 e. The molecule has 0 spiro atoms. The average Bonchev–Trinajstić information content (AvgIpc) is 1.98. The summed E-state index contributed by atoms with van der Waals surface area (Å²) in [6.45, 7) is 0. The maximum Gasteiger partial charge on any atom is 0.303 e. The highest BCUT2D eigenvalue weighted by molar-refractivity contribution is 6.36. The summed E-state index contributed by atoms with van der Waals surface area (Å²) >= 11 is 0. The number of aliphatic carboxylic acids is 1. The lowest BCUT2D eigenvalue weighted by atomic mass is 10.2. The van der Waals surface area contributed by atoms with Crippen LogP contribution in [-0.4, -0.2) is 22.8 Å². The monoisotopic (exact) mass is 160 g/mol. The van der Waals surface area contributed by atoms with Gasteiger partial charge in [-0.3, -0.25) is 19.8 Å². The third-order valence-electron chi connectivity index (χ3n) is 0.950. The molecule has 0 atom stereocenters. The standard InChI is InChI=1S/C5H8N2O4/c6-7-5(11)3(8)1-2-4(9)10/h1-2,6H2,(H,7,11)(H,9,10). The molecule has 1 amide bonds. The number of carbonyl (C=O) groups excluding carboxylic acids is 2. The number of amides is 1. The Labute approximate surface area is 62.3 Å². The minimum absolute atomic E-state index is 0.321. The second-order valence-corrected chi connectivity index (χ2v) is 1.79. The van der Waals surface area contributed by atoms with Crippen LogP contribution in [0.25, 0.3) is 0 Å². The first-order valence-electron chi connectivity index (χ1n) is 2.83. The van der Waals surface area contributed by atoms with Gasteiger partial charge in [-0.05, 0) is 0 Å². The zero-order chi connectivity index (χ0) is 8.85. The van der Waals surface area contributed by atoms with Crippen molar-refractivity contribution in [2.45, 2.75) is 12.8 Å². The largest absolute Gasteiger partial charge is 0.481 e. The summed E-state index contributed by atoms with van der Waals surface area (Å²) in [4.78, 5) is 30.8. The summed E-state index contributed by atoms with van der Waals surface area (Å²) in [5, 5.41) is 8.10. The Bertz CT molecular complexity index is 189. The van der Waals surface area contributed by atoms with E-state index in [1.165, 1.54) is 0 Å². The first-order valence-corrected chi connectivity index (χ1v) is 2.83. The minimum Gasteiger partial charge on any atom is -0.481 e. The summed E-state index contributed by atoms with van der Waals surface area (Å²) in [7, 11) is 0. The highest BCUT2D eigenvalue weighted by Crippen LogP contribution is 1.89. The number of hydrazine groups is 1. The zero-order valence-corrected chi connectivity index (χ0v) is 5.66. The molecule has 11 heavy (non-hydrogen) atoms. The number of nitrogens with two attached hydrogens (primary N) is 1. The number of carboxylic acid groups (broad SMARTS) is 1. The van der Waals surface area contributed by atoms with E-state index >= 15 is 0 Å². The molecule has 0 aromatic rings. The number of carboxylic acids is 1. The van der Waals surface area contributed by atoms with Crippen molar-refractivity contribution in [2.75, 3.05) is 0 Å². The van der Waals surface area contributed by atoms with Gasteiger partial charge < -0.3 is 5.11 Å². The molecule has 0 aliphatic carbocycles. The van der Waals surface area contributed by atoms with Crippen LogP contribution in [0.3, 0.4) is 0 Å². The van der Waals surface area contributed by atoms with Crippen LogP contribution in [0.15, 0.2) is 0 Å². The van der Waals surface area contributed by atoms with Crippen molar-refractivity contribution in [1.82, 2.24) is 5.43 Å². The Kier molecular flexibility index (Phi) is 3.82. The average molecular weight is 160 g/mol. The molecule has 0 aliphatic heterocycles. The van der Waals surface area contributed by atoms with Gasteiger partial charge in [-0.1, -0.05) is 0 Å². The van der Waals surface area contributed by atoms with Crippen LogP contribution in [0.4, 0.5) is 0 Å². The van der Waals surface area contributed by atoms with E-state index in [-0.39, 0.29) is 12.8 Å². The molecule has 0 bridgehead atoms. The molecule has 62 valence electrons. The number of nitrogens with one attached hydrogen (secondary N) is 1. The van der Waals surface area contributed by atoms with Crippen LogP contribution < -0.4 is 11.3 Å². The Hall–Kier alpha value is -1.43. The highest BCUT2D eigenvalue weighted by Gasteiger charge is 2.12. The van der Waals surface area contributed by atoms with Crippen molar-refractivity contribution in [1.29, 1.82) is 0 Å². The Morgan fingerprint density at radius 1 is 1.27 bits per heavy atom. The lowest BCUT2D eigenvalue weighted by Crippen LogP contribution is -2.36. The van der Waals surface area contributed by atoms with E-state index in [1.54, 1.807) is 5.43 Å². The minimum atomic E-state index is -1.12. The van der Waals surface area contributed by atoms with Crippen LogP contribution >= 0.6 is 0 Å². The van der Waals surface area contributed by atoms with E-state index in [2.05, 4.69) is 5.84 Å². The highest BCUT2D eigenvalue weighted by atomic mass is 16.4. The van der Waals surface area contributed by atoms with Gasteiger partial charge in [0.25, 0.3) is 0 Å². The number of hydrogen-bond acceptors (Lipinski definition) is 4. The van der Waals surface area contributed by atoms with Crippen LogP contribution in [0.1, 0.15) is 12.8 Å². The number of carbonyl (C=O) groups is 3. The van der Waals surface area contributed by atoms with E-state index < -0.39 is 17.7 Å². The van der Waals surface area contributed by atoms with E-state index in [0.717, 1.165) is 0 Å². The second kappa shape index (κ2) is 4.40. The quantitative estimate of drug-likeness (QED) is 0.199. The SMILES string of the molecule is NNC(=O)C(=O)CCC(=O)O. The summed E-state index contributed by atoms with van der Waals surface area (Å²) in [6.07, 6.45) is -0.676. The number of ketones is 1. The molecule has 4 N–H and O–H groups in total. The van der Waals surface area contributed by atoms with Crippen LogP contribution in [-0.2, 0) is 14.4 Å². The van der Waals surface area contributed by atoms with Gasteiger partial charge in [-0.15, -0.1) is 0 Å².